The van der Waals surface area contributed by atoms with E-state index in [1.54, 1.807) is 12.1 Å². The van der Waals surface area contributed by atoms with Crippen LogP contribution in [-0.2, 0) is 22.6 Å². The Morgan fingerprint density at radius 2 is 1.77 bits per heavy atom. The number of hydrogen-bond acceptors (Lipinski definition) is 3. The Morgan fingerprint density at radius 1 is 1.00 bits per heavy atom. The zero-order valence-corrected chi connectivity index (χ0v) is 17.1. The molecule has 0 unspecified atom stereocenters. The van der Waals surface area contributed by atoms with Crippen LogP contribution in [0.15, 0.2) is 77.7 Å². The van der Waals surface area contributed by atoms with Crippen LogP contribution in [-0.4, -0.2) is 17.6 Å². The Balaban J connectivity index is 1.42. The molecule has 30 heavy (non-hydrogen) atoms. The summed E-state index contributed by atoms with van der Waals surface area (Å²) in [7, 11) is 0. The molecule has 0 saturated heterocycles. The molecule has 3 aromatic rings. The normalized spacial score (nSPS) is 13.1. The van der Waals surface area contributed by atoms with E-state index in [1.165, 1.54) is 23.9 Å². The van der Waals surface area contributed by atoms with Crippen molar-refractivity contribution in [1.82, 2.24) is 0 Å². The van der Waals surface area contributed by atoms with E-state index in [1.807, 2.05) is 53.4 Å². The maximum Gasteiger partial charge on any atom is 0.234 e. The van der Waals surface area contributed by atoms with Crippen molar-refractivity contribution in [1.29, 1.82) is 0 Å². The van der Waals surface area contributed by atoms with Gasteiger partial charge in [0.1, 0.15) is 5.82 Å². The fourth-order valence-electron chi connectivity index (χ4n) is 3.45. The Labute approximate surface area is 179 Å². The Morgan fingerprint density at radius 3 is 2.53 bits per heavy atom. The molecule has 152 valence electrons. The number of carbonyl (C=O) groups excluding carboxylic acids is 2. The highest BCUT2D eigenvalue weighted by Crippen LogP contribution is 2.31. The Hall–Kier alpha value is -3.12. The second-order valence-corrected chi connectivity index (χ2v) is 8.15. The lowest BCUT2D eigenvalue weighted by Crippen LogP contribution is -2.34. The van der Waals surface area contributed by atoms with Crippen molar-refractivity contribution in [3.05, 3.63) is 89.7 Å². The van der Waals surface area contributed by atoms with Gasteiger partial charge in [0.2, 0.25) is 11.8 Å². The van der Waals surface area contributed by atoms with E-state index in [9.17, 15) is 14.0 Å². The number of nitrogens with one attached hydrogen (secondary N) is 1. The second-order valence-electron chi connectivity index (χ2n) is 7.10. The fourth-order valence-corrected chi connectivity index (χ4v) is 4.15. The summed E-state index contributed by atoms with van der Waals surface area (Å²) in [5.74, 6) is -0.0739. The first kappa shape index (κ1) is 20.2. The van der Waals surface area contributed by atoms with Crippen LogP contribution in [0.1, 0.15) is 17.5 Å². The molecule has 1 heterocycles. The van der Waals surface area contributed by atoms with Crippen LogP contribution in [0.2, 0.25) is 0 Å². The smallest absolute Gasteiger partial charge is 0.234 e. The quantitative estimate of drug-likeness (QED) is 0.569. The van der Waals surface area contributed by atoms with Crippen molar-refractivity contribution in [2.75, 3.05) is 16.0 Å². The van der Waals surface area contributed by atoms with Crippen LogP contribution in [0.5, 0.6) is 0 Å². The van der Waals surface area contributed by atoms with Crippen LogP contribution in [0.25, 0.3) is 0 Å². The standard InChI is InChI=1S/C24H21FN2O2S/c25-19-7-10-21(11-8-19)30-16-23(28)26-20-9-12-22-18(14-20)6-13-24(29)27(22)15-17-4-2-1-3-5-17/h1-5,7-12,14H,6,13,15-16H2,(H,26,28). The van der Waals surface area contributed by atoms with Gasteiger partial charge in [-0.05, 0) is 60.0 Å². The molecule has 6 heteroatoms. The molecule has 0 bridgehead atoms. The average Bonchev–Trinajstić information content (AvgIpc) is 2.76. The molecule has 0 aromatic heterocycles. The largest absolute Gasteiger partial charge is 0.325 e. The first-order chi connectivity index (χ1) is 14.6. The molecule has 0 spiro atoms. The second kappa shape index (κ2) is 9.13. The van der Waals surface area contributed by atoms with E-state index in [-0.39, 0.29) is 23.4 Å². The predicted molar refractivity (Wildman–Crippen MR) is 118 cm³/mol. The zero-order valence-electron chi connectivity index (χ0n) is 16.3. The Kier molecular flexibility index (Phi) is 6.14. The first-order valence-electron chi connectivity index (χ1n) is 9.74. The summed E-state index contributed by atoms with van der Waals surface area (Å²) in [6.07, 6.45) is 1.12. The van der Waals surface area contributed by atoms with E-state index >= 15 is 0 Å². The van der Waals surface area contributed by atoms with Crippen molar-refractivity contribution >= 4 is 35.0 Å². The molecule has 0 saturated carbocycles. The molecule has 4 rings (SSSR count). The molecule has 4 nitrogen and oxygen atoms in total. The number of carbonyl (C=O) groups is 2. The number of halogens is 1. The minimum absolute atomic E-state index is 0.110. The highest BCUT2D eigenvalue weighted by Gasteiger charge is 2.24. The molecule has 0 radical (unpaired) electrons. The molecule has 1 aliphatic rings. The average molecular weight is 421 g/mol. The molecule has 1 aliphatic heterocycles. The van der Waals surface area contributed by atoms with Gasteiger partial charge in [-0.3, -0.25) is 9.59 Å². The minimum Gasteiger partial charge on any atom is -0.325 e. The summed E-state index contributed by atoms with van der Waals surface area (Å²) in [6.45, 7) is 0.534. The van der Waals surface area contributed by atoms with Gasteiger partial charge in [-0.25, -0.2) is 4.39 Å². The number of aryl methyl sites for hydroxylation is 1. The van der Waals surface area contributed by atoms with Gasteiger partial charge >= 0.3 is 0 Å². The molecular weight excluding hydrogens is 399 g/mol. The number of amides is 2. The summed E-state index contributed by atoms with van der Waals surface area (Å²) in [5, 5.41) is 2.91. The van der Waals surface area contributed by atoms with Crippen LogP contribution in [0.3, 0.4) is 0 Å². The van der Waals surface area contributed by atoms with E-state index in [4.69, 9.17) is 0 Å². The SMILES string of the molecule is O=C(CSc1ccc(F)cc1)Nc1ccc2c(c1)CCC(=O)N2Cc1ccccc1. The molecule has 2 amide bonds. The lowest BCUT2D eigenvalue weighted by Gasteiger charge is -2.30. The summed E-state index contributed by atoms with van der Waals surface area (Å²) in [5.41, 5.74) is 3.74. The van der Waals surface area contributed by atoms with Crippen molar-refractivity contribution < 1.29 is 14.0 Å². The van der Waals surface area contributed by atoms with Gasteiger partial charge in [-0.2, -0.15) is 0 Å². The molecule has 0 atom stereocenters. The van der Waals surface area contributed by atoms with Crippen LogP contribution < -0.4 is 10.2 Å². The van der Waals surface area contributed by atoms with Crippen LogP contribution in [0, 0.1) is 5.82 Å². The third kappa shape index (κ3) is 4.89. The lowest BCUT2D eigenvalue weighted by molar-refractivity contribution is -0.119. The molecular formula is C24H21FN2O2S. The lowest BCUT2D eigenvalue weighted by atomic mass is 9.99. The molecule has 0 aliphatic carbocycles. The number of anilines is 2. The van der Waals surface area contributed by atoms with Gasteiger partial charge in [-0.1, -0.05) is 30.3 Å². The highest BCUT2D eigenvalue weighted by molar-refractivity contribution is 8.00. The number of fused-ring (bicyclic) bond motifs is 1. The summed E-state index contributed by atoms with van der Waals surface area (Å²) >= 11 is 1.36. The van der Waals surface area contributed by atoms with E-state index in [0.29, 0.717) is 25.1 Å². The maximum atomic E-state index is 13.0. The van der Waals surface area contributed by atoms with Crippen molar-refractivity contribution in [3.8, 4) is 0 Å². The van der Waals surface area contributed by atoms with Gasteiger partial charge in [0.25, 0.3) is 0 Å². The van der Waals surface area contributed by atoms with E-state index < -0.39 is 0 Å². The van der Waals surface area contributed by atoms with E-state index in [0.717, 1.165) is 21.7 Å². The Bertz CT molecular complexity index is 1050. The number of hydrogen-bond donors (Lipinski definition) is 1. The summed E-state index contributed by atoms with van der Waals surface area (Å²) in [4.78, 5) is 27.5. The van der Waals surface area contributed by atoms with Gasteiger partial charge in [-0.15, -0.1) is 11.8 Å². The van der Waals surface area contributed by atoms with Crippen molar-refractivity contribution in [2.24, 2.45) is 0 Å². The van der Waals surface area contributed by atoms with Gasteiger partial charge in [0, 0.05) is 22.7 Å². The molecule has 1 N–H and O–H groups in total. The molecule has 0 fully saturated rings. The number of rotatable bonds is 6. The van der Waals surface area contributed by atoms with Crippen LogP contribution >= 0.6 is 11.8 Å². The number of thioether (sulfide) groups is 1. The molecule has 3 aromatic carbocycles. The maximum absolute atomic E-state index is 13.0. The fraction of sp³-hybridized carbons (Fsp3) is 0.167. The van der Waals surface area contributed by atoms with Gasteiger partial charge in [0.15, 0.2) is 0 Å². The van der Waals surface area contributed by atoms with Crippen molar-refractivity contribution in [3.63, 3.8) is 0 Å². The number of benzene rings is 3. The van der Waals surface area contributed by atoms with Gasteiger partial charge < -0.3 is 10.2 Å². The monoisotopic (exact) mass is 420 g/mol. The highest BCUT2D eigenvalue weighted by atomic mass is 32.2. The zero-order chi connectivity index (χ0) is 20.9. The van der Waals surface area contributed by atoms with Gasteiger partial charge in [0.05, 0.1) is 12.3 Å². The summed E-state index contributed by atoms with van der Waals surface area (Å²) in [6, 6.07) is 21.7. The topological polar surface area (TPSA) is 49.4 Å². The summed E-state index contributed by atoms with van der Waals surface area (Å²) < 4.78 is 13.0. The third-order valence-corrected chi connectivity index (χ3v) is 5.94. The van der Waals surface area contributed by atoms with Crippen molar-refractivity contribution in [2.45, 2.75) is 24.3 Å². The number of nitrogens with zero attached hydrogens (tertiary/aromatic N) is 1. The minimum atomic E-state index is -0.294. The van der Waals surface area contributed by atoms with E-state index in [2.05, 4.69) is 5.32 Å². The first-order valence-corrected chi connectivity index (χ1v) is 10.7. The third-order valence-electron chi connectivity index (χ3n) is 4.93. The van der Waals surface area contributed by atoms with Crippen LogP contribution in [0.4, 0.5) is 15.8 Å². The predicted octanol–water partition coefficient (Wildman–Crippen LogP) is 5.04.